The fraction of sp³-hybridized carbons (Fsp3) is 0.571. The topological polar surface area (TPSA) is 89.4 Å². The quantitative estimate of drug-likeness (QED) is 0.399. The highest BCUT2D eigenvalue weighted by molar-refractivity contribution is 6.01. The lowest BCUT2D eigenvalue weighted by atomic mass is 10.2. The van der Waals surface area contributed by atoms with E-state index in [2.05, 4.69) is 20.9 Å². The van der Waals surface area contributed by atoms with Crippen LogP contribution in [0.1, 0.15) is 6.92 Å². The van der Waals surface area contributed by atoms with Crippen LogP contribution < -0.4 is 16.0 Å². The van der Waals surface area contributed by atoms with E-state index in [4.69, 9.17) is 5.41 Å². The molecule has 1 aliphatic heterocycles. The third-order valence-electron chi connectivity index (χ3n) is 1.75. The average Bonchev–Trinajstić information content (AvgIpc) is 2.09. The van der Waals surface area contributed by atoms with Crippen molar-refractivity contribution in [3.63, 3.8) is 0 Å². The van der Waals surface area contributed by atoms with Gasteiger partial charge >= 0.3 is 0 Å². The minimum absolute atomic E-state index is 0.00639. The highest BCUT2D eigenvalue weighted by atomic mass is 16.2. The van der Waals surface area contributed by atoms with Crippen LogP contribution in [0.3, 0.4) is 0 Å². The molecule has 0 radical (unpaired) electrons. The fourth-order valence-electron chi connectivity index (χ4n) is 1.16. The number of carbonyl (C=O) groups is 1. The Hall–Kier alpha value is -1.43. The molecule has 13 heavy (non-hydrogen) atoms. The lowest BCUT2D eigenvalue weighted by Gasteiger charge is -2.29. The van der Waals surface area contributed by atoms with Crippen molar-refractivity contribution in [3.8, 4) is 0 Å². The molecule has 1 fully saturated rings. The van der Waals surface area contributed by atoms with Crippen LogP contribution in [0.4, 0.5) is 0 Å². The molecule has 0 spiro atoms. The van der Waals surface area contributed by atoms with Crippen molar-refractivity contribution in [1.82, 2.24) is 16.0 Å². The molecular weight excluding hydrogens is 170 g/mol. The predicted octanol–water partition coefficient (Wildman–Crippen LogP) is -1.35. The second-order valence-electron chi connectivity index (χ2n) is 2.63. The largest absolute Gasteiger partial charge is 0.338 e. The highest BCUT2D eigenvalue weighted by Crippen LogP contribution is 2.00. The molecule has 0 saturated carbocycles. The maximum Gasteiger partial charge on any atom is 0.254 e. The van der Waals surface area contributed by atoms with Crippen LogP contribution in [-0.2, 0) is 4.79 Å². The Morgan fingerprint density at radius 1 is 1.69 bits per heavy atom. The lowest BCUT2D eigenvalue weighted by molar-refractivity contribution is -0.122. The summed E-state index contributed by atoms with van der Waals surface area (Å²) in [7, 11) is 1.71. The van der Waals surface area contributed by atoms with E-state index in [0.29, 0.717) is 0 Å². The second kappa shape index (κ2) is 3.99. The Balaban J connectivity index is 2.77. The number of likely N-dealkylation sites (N-methyl/N-ethyl adjacent to an activating group) is 1. The number of aliphatic imine (C=N–C) groups is 1. The number of carbonyl (C=O) groups excluding carboxylic acids is 1. The summed E-state index contributed by atoms with van der Waals surface area (Å²) in [6.45, 7) is 1.75. The van der Waals surface area contributed by atoms with E-state index in [9.17, 15) is 4.79 Å². The van der Waals surface area contributed by atoms with Crippen molar-refractivity contribution in [2.45, 2.75) is 19.1 Å². The van der Waals surface area contributed by atoms with Crippen molar-refractivity contribution >= 4 is 18.1 Å². The third-order valence-corrected chi connectivity index (χ3v) is 1.75. The summed E-state index contributed by atoms with van der Waals surface area (Å²) in [6, 6.07) is -0.510. The first-order valence-electron chi connectivity index (χ1n) is 4.00. The van der Waals surface area contributed by atoms with E-state index < -0.39 is 6.04 Å². The fourth-order valence-corrected chi connectivity index (χ4v) is 1.16. The normalized spacial score (nSPS) is 28.8. The van der Waals surface area contributed by atoms with Crippen molar-refractivity contribution in [2.75, 3.05) is 7.05 Å². The van der Waals surface area contributed by atoms with E-state index in [1.807, 2.05) is 0 Å². The Labute approximate surface area is 76.3 Å². The maximum absolute atomic E-state index is 11.3. The van der Waals surface area contributed by atoms with Crippen LogP contribution in [-0.4, -0.2) is 37.3 Å². The molecule has 0 aromatic rings. The van der Waals surface area contributed by atoms with E-state index in [-0.39, 0.29) is 18.0 Å². The van der Waals surface area contributed by atoms with Gasteiger partial charge in [-0.1, -0.05) is 0 Å². The van der Waals surface area contributed by atoms with Crippen LogP contribution in [0.5, 0.6) is 0 Å². The van der Waals surface area contributed by atoms with E-state index in [1.165, 1.54) is 0 Å². The number of nitrogens with zero attached hydrogens (tertiary/aromatic N) is 1. The summed E-state index contributed by atoms with van der Waals surface area (Å²) < 4.78 is 0. The number of hydrogen-bond acceptors (Lipinski definition) is 4. The summed E-state index contributed by atoms with van der Waals surface area (Å²) in [6.07, 6.45) is 1.27. The Bertz CT molecular complexity index is 249. The molecule has 1 rings (SSSR count). The van der Waals surface area contributed by atoms with Crippen molar-refractivity contribution < 1.29 is 4.79 Å². The molecule has 1 saturated heterocycles. The van der Waals surface area contributed by atoms with Gasteiger partial charge in [0.1, 0.15) is 6.17 Å². The van der Waals surface area contributed by atoms with Crippen molar-refractivity contribution in [3.05, 3.63) is 0 Å². The van der Waals surface area contributed by atoms with Crippen LogP contribution in [0.25, 0.3) is 0 Å². The summed E-state index contributed by atoms with van der Waals surface area (Å²) in [5.74, 6) is -0.256. The summed E-state index contributed by atoms with van der Waals surface area (Å²) in [5, 5.41) is 15.2. The molecule has 6 nitrogen and oxygen atoms in total. The number of hydrogen-bond donors (Lipinski definition) is 4. The molecule has 2 atom stereocenters. The number of nitrogens with one attached hydrogen (secondary N) is 4. The Kier molecular flexibility index (Phi) is 2.97. The minimum atomic E-state index is -0.510. The zero-order valence-corrected chi connectivity index (χ0v) is 7.59. The van der Waals surface area contributed by atoms with Gasteiger partial charge in [0, 0.05) is 0 Å². The summed E-state index contributed by atoms with van der Waals surface area (Å²) >= 11 is 0. The molecule has 1 aliphatic rings. The van der Waals surface area contributed by atoms with Gasteiger partial charge in [-0.3, -0.25) is 25.8 Å². The van der Waals surface area contributed by atoms with Gasteiger partial charge in [-0.05, 0) is 20.2 Å². The second-order valence-corrected chi connectivity index (χ2v) is 2.63. The number of amides is 1. The van der Waals surface area contributed by atoms with Crippen LogP contribution in [0, 0.1) is 5.41 Å². The van der Waals surface area contributed by atoms with Gasteiger partial charge in [-0.25, -0.2) is 0 Å². The van der Waals surface area contributed by atoms with Gasteiger partial charge in [-0.15, -0.1) is 0 Å². The minimum Gasteiger partial charge on any atom is -0.338 e. The standard InChI is InChI=1S/C7H13N5O/c1-3-10-4-5(9-2)11-7(8)12-6(4)13/h3-5,9H,1-2H3,(H3,8,11,12,13). The smallest absolute Gasteiger partial charge is 0.254 e. The Morgan fingerprint density at radius 2 is 2.38 bits per heavy atom. The molecule has 1 heterocycles. The molecule has 0 aromatic carbocycles. The molecule has 0 aliphatic carbocycles. The zero-order chi connectivity index (χ0) is 9.84. The van der Waals surface area contributed by atoms with Crippen LogP contribution in [0.15, 0.2) is 4.99 Å². The number of rotatable bonds is 2. The molecule has 0 aromatic heterocycles. The van der Waals surface area contributed by atoms with E-state index in [1.54, 1.807) is 20.2 Å². The molecule has 72 valence electrons. The van der Waals surface area contributed by atoms with Gasteiger partial charge in [0.2, 0.25) is 0 Å². The molecule has 2 unspecified atom stereocenters. The molecular formula is C7H13N5O. The molecule has 1 amide bonds. The van der Waals surface area contributed by atoms with Crippen molar-refractivity contribution in [2.24, 2.45) is 4.99 Å². The number of guanidine groups is 1. The van der Waals surface area contributed by atoms with Crippen molar-refractivity contribution in [1.29, 1.82) is 5.41 Å². The van der Waals surface area contributed by atoms with Gasteiger partial charge in [-0.2, -0.15) is 0 Å². The third kappa shape index (κ3) is 2.03. The van der Waals surface area contributed by atoms with Crippen LogP contribution in [0.2, 0.25) is 0 Å². The molecule has 4 N–H and O–H groups in total. The molecule has 0 bridgehead atoms. The monoisotopic (exact) mass is 183 g/mol. The lowest BCUT2D eigenvalue weighted by Crippen LogP contribution is -2.65. The first-order valence-corrected chi connectivity index (χ1v) is 4.00. The van der Waals surface area contributed by atoms with Gasteiger partial charge in [0.15, 0.2) is 12.0 Å². The predicted molar refractivity (Wildman–Crippen MR) is 49.8 cm³/mol. The Morgan fingerprint density at radius 3 is 2.92 bits per heavy atom. The van der Waals surface area contributed by atoms with Crippen LogP contribution >= 0.6 is 0 Å². The summed E-state index contributed by atoms with van der Waals surface area (Å²) in [5.41, 5.74) is 0. The highest BCUT2D eigenvalue weighted by Gasteiger charge is 2.31. The average molecular weight is 183 g/mol. The molecule has 6 heteroatoms. The van der Waals surface area contributed by atoms with Gasteiger partial charge in [0.05, 0.1) is 0 Å². The maximum atomic E-state index is 11.3. The van der Waals surface area contributed by atoms with E-state index >= 15 is 0 Å². The first kappa shape index (κ1) is 9.66. The van der Waals surface area contributed by atoms with Gasteiger partial charge in [0.25, 0.3) is 5.91 Å². The zero-order valence-electron chi connectivity index (χ0n) is 7.59. The summed E-state index contributed by atoms with van der Waals surface area (Å²) in [4.78, 5) is 15.3. The first-order chi connectivity index (χ1) is 6.19. The van der Waals surface area contributed by atoms with E-state index in [0.717, 1.165) is 0 Å². The van der Waals surface area contributed by atoms with Gasteiger partial charge < -0.3 is 5.32 Å². The SMILES string of the molecule is CC=NC1C(=O)NC(=N)NC1NC.